The van der Waals surface area contributed by atoms with Crippen molar-refractivity contribution in [2.75, 3.05) is 0 Å². The zero-order valence-corrected chi connectivity index (χ0v) is 11.6. The molecule has 0 spiro atoms. The maximum Gasteiger partial charge on any atom is 0.141 e. The highest BCUT2D eigenvalue weighted by Gasteiger charge is 2.30. The van der Waals surface area contributed by atoms with Crippen molar-refractivity contribution in [3.05, 3.63) is 34.4 Å². The Kier molecular flexibility index (Phi) is 3.86. The van der Waals surface area contributed by atoms with E-state index < -0.39 is 0 Å². The van der Waals surface area contributed by atoms with Crippen LogP contribution in [0.25, 0.3) is 0 Å². The van der Waals surface area contributed by atoms with E-state index in [1.165, 1.54) is 22.3 Å². The van der Waals surface area contributed by atoms with Crippen LogP contribution in [0.15, 0.2) is 12.1 Å². The van der Waals surface area contributed by atoms with Crippen LogP contribution < -0.4 is 5.73 Å². The molecule has 0 bridgehead atoms. The molecule has 1 aromatic carbocycles. The number of rotatable bonds is 3. The summed E-state index contributed by atoms with van der Waals surface area (Å²) in [4.78, 5) is 12.3. The van der Waals surface area contributed by atoms with Crippen LogP contribution in [-0.2, 0) is 11.2 Å². The standard InChI is InChI=1S/C16H23NO/c1-10-7-11(2)14(12(3)8-10)9-16(18)13-5-4-6-15(13)17/h7-8,13,15H,4-6,9,17H2,1-3H3. The predicted molar refractivity (Wildman–Crippen MR) is 74.7 cm³/mol. The van der Waals surface area contributed by atoms with Crippen LogP contribution in [0.3, 0.4) is 0 Å². The fourth-order valence-corrected chi connectivity index (χ4v) is 3.18. The highest BCUT2D eigenvalue weighted by molar-refractivity contribution is 5.84. The van der Waals surface area contributed by atoms with Crippen molar-refractivity contribution < 1.29 is 4.79 Å². The van der Waals surface area contributed by atoms with Gasteiger partial charge >= 0.3 is 0 Å². The lowest BCUT2D eigenvalue weighted by atomic mass is 9.89. The topological polar surface area (TPSA) is 43.1 Å². The molecule has 0 radical (unpaired) electrons. The average molecular weight is 245 g/mol. The second-order valence-electron chi connectivity index (χ2n) is 5.72. The summed E-state index contributed by atoms with van der Waals surface area (Å²) in [6, 6.07) is 4.40. The molecule has 1 saturated carbocycles. The van der Waals surface area contributed by atoms with Crippen LogP contribution in [-0.4, -0.2) is 11.8 Å². The van der Waals surface area contributed by atoms with Gasteiger partial charge in [-0.2, -0.15) is 0 Å². The number of hydrogen-bond acceptors (Lipinski definition) is 2. The van der Waals surface area contributed by atoms with Gasteiger partial charge in [0.15, 0.2) is 0 Å². The summed E-state index contributed by atoms with van der Waals surface area (Å²) in [5.74, 6) is 0.417. The minimum absolute atomic E-state index is 0.0866. The maximum atomic E-state index is 12.3. The molecule has 0 amide bonds. The number of aryl methyl sites for hydroxylation is 3. The van der Waals surface area contributed by atoms with Gasteiger partial charge in [-0.3, -0.25) is 4.79 Å². The van der Waals surface area contributed by atoms with Crippen molar-refractivity contribution in [2.45, 2.75) is 52.5 Å². The normalized spacial score (nSPS) is 23.3. The molecule has 98 valence electrons. The molecule has 2 atom stereocenters. The molecule has 1 aliphatic rings. The molecular weight excluding hydrogens is 222 g/mol. The van der Waals surface area contributed by atoms with E-state index in [9.17, 15) is 4.79 Å². The van der Waals surface area contributed by atoms with Crippen molar-refractivity contribution in [1.82, 2.24) is 0 Å². The number of Topliss-reactive ketones (excluding diaryl/α,β-unsaturated/α-hetero) is 1. The second-order valence-corrected chi connectivity index (χ2v) is 5.72. The Balaban J connectivity index is 2.17. The van der Waals surface area contributed by atoms with Crippen molar-refractivity contribution in [3.63, 3.8) is 0 Å². The van der Waals surface area contributed by atoms with Crippen LogP contribution in [0, 0.1) is 26.7 Å². The van der Waals surface area contributed by atoms with Crippen LogP contribution >= 0.6 is 0 Å². The first kappa shape index (κ1) is 13.3. The molecule has 18 heavy (non-hydrogen) atoms. The molecule has 2 N–H and O–H groups in total. The van der Waals surface area contributed by atoms with E-state index in [-0.39, 0.29) is 12.0 Å². The minimum atomic E-state index is 0.0866. The number of ketones is 1. The van der Waals surface area contributed by atoms with E-state index in [2.05, 4.69) is 32.9 Å². The Morgan fingerprint density at radius 2 is 1.83 bits per heavy atom. The number of carbonyl (C=O) groups is 1. The van der Waals surface area contributed by atoms with Gasteiger partial charge in [0.25, 0.3) is 0 Å². The van der Waals surface area contributed by atoms with Crippen molar-refractivity contribution in [1.29, 1.82) is 0 Å². The molecule has 0 heterocycles. The molecule has 2 nitrogen and oxygen atoms in total. The lowest BCUT2D eigenvalue weighted by molar-refractivity contribution is -0.122. The molecule has 0 aliphatic heterocycles. The molecule has 0 saturated heterocycles. The Morgan fingerprint density at radius 1 is 1.22 bits per heavy atom. The van der Waals surface area contributed by atoms with Crippen LogP contribution in [0.4, 0.5) is 0 Å². The number of nitrogens with two attached hydrogens (primary N) is 1. The molecule has 0 aromatic heterocycles. The molecule has 2 unspecified atom stereocenters. The summed E-state index contributed by atoms with van der Waals surface area (Å²) >= 11 is 0. The van der Waals surface area contributed by atoms with E-state index in [0.29, 0.717) is 12.2 Å². The Labute approximate surface area is 110 Å². The second kappa shape index (κ2) is 5.23. The third-order valence-corrected chi connectivity index (χ3v) is 4.17. The molecule has 1 fully saturated rings. The van der Waals surface area contributed by atoms with E-state index in [4.69, 9.17) is 5.73 Å². The van der Waals surface area contributed by atoms with Crippen LogP contribution in [0.2, 0.25) is 0 Å². The summed E-state index contributed by atoms with van der Waals surface area (Å²) in [5.41, 5.74) is 10.9. The largest absolute Gasteiger partial charge is 0.327 e. The summed E-state index contributed by atoms with van der Waals surface area (Å²) in [7, 11) is 0. The fraction of sp³-hybridized carbons (Fsp3) is 0.562. The first-order valence-electron chi connectivity index (χ1n) is 6.84. The third-order valence-electron chi connectivity index (χ3n) is 4.17. The lowest BCUT2D eigenvalue weighted by Crippen LogP contribution is -2.31. The number of benzene rings is 1. The van der Waals surface area contributed by atoms with Crippen LogP contribution in [0.5, 0.6) is 0 Å². The van der Waals surface area contributed by atoms with Crippen molar-refractivity contribution >= 4 is 5.78 Å². The van der Waals surface area contributed by atoms with Gasteiger partial charge in [0.1, 0.15) is 5.78 Å². The fourth-order valence-electron chi connectivity index (χ4n) is 3.18. The Morgan fingerprint density at radius 3 is 2.33 bits per heavy atom. The quantitative estimate of drug-likeness (QED) is 0.889. The summed E-state index contributed by atoms with van der Waals surface area (Å²) < 4.78 is 0. The average Bonchev–Trinajstić information content (AvgIpc) is 2.69. The van der Waals surface area contributed by atoms with E-state index in [1.54, 1.807) is 0 Å². The maximum absolute atomic E-state index is 12.3. The number of carbonyl (C=O) groups excluding carboxylic acids is 1. The summed E-state index contributed by atoms with van der Waals surface area (Å²) in [6.45, 7) is 6.28. The Hall–Kier alpha value is -1.15. The summed E-state index contributed by atoms with van der Waals surface area (Å²) in [6.07, 6.45) is 3.63. The van der Waals surface area contributed by atoms with Gasteiger partial charge in [-0.1, -0.05) is 24.1 Å². The first-order chi connectivity index (χ1) is 8.49. The zero-order chi connectivity index (χ0) is 13.3. The highest BCUT2D eigenvalue weighted by atomic mass is 16.1. The SMILES string of the molecule is Cc1cc(C)c(CC(=O)C2CCCC2N)c(C)c1. The molecular formula is C16H23NO. The zero-order valence-electron chi connectivity index (χ0n) is 11.6. The van der Waals surface area contributed by atoms with Gasteiger partial charge < -0.3 is 5.73 Å². The predicted octanol–water partition coefficient (Wildman–Crippen LogP) is 2.85. The smallest absolute Gasteiger partial charge is 0.141 e. The highest BCUT2D eigenvalue weighted by Crippen LogP contribution is 2.27. The van der Waals surface area contributed by atoms with Gasteiger partial charge in [0, 0.05) is 18.4 Å². The third kappa shape index (κ3) is 2.64. The molecule has 2 rings (SSSR count). The molecule has 1 aromatic rings. The van der Waals surface area contributed by atoms with E-state index >= 15 is 0 Å². The van der Waals surface area contributed by atoms with E-state index in [0.717, 1.165) is 19.3 Å². The Bertz CT molecular complexity index is 441. The van der Waals surface area contributed by atoms with Gasteiger partial charge in [-0.15, -0.1) is 0 Å². The molecule has 2 heteroatoms. The first-order valence-corrected chi connectivity index (χ1v) is 6.84. The molecule has 1 aliphatic carbocycles. The minimum Gasteiger partial charge on any atom is -0.327 e. The van der Waals surface area contributed by atoms with Crippen molar-refractivity contribution in [3.8, 4) is 0 Å². The van der Waals surface area contributed by atoms with Crippen molar-refractivity contribution in [2.24, 2.45) is 11.7 Å². The van der Waals surface area contributed by atoms with Gasteiger partial charge in [0.2, 0.25) is 0 Å². The van der Waals surface area contributed by atoms with E-state index in [1.807, 2.05) is 0 Å². The number of hydrogen-bond donors (Lipinski definition) is 1. The van der Waals surface area contributed by atoms with Gasteiger partial charge in [-0.05, 0) is 50.3 Å². The summed E-state index contributed by atoms with van der Waals surface area (Å²) in [5, 5.41) is 0. The monoisotopic (exact) mass is 245 g/mol. The lowest BCUT2D eigenvalue weighted by Gasteiger charge is -2.16. The van der Waals surface area contributed by atoms with Crippen LogP contribution in [0.1, 0.15) is 41.5 Å². The van der Waals surface area contributed by atoms with Gasteiger partial charge in [0.05, 0.1) is 0 Å². The van der Waals surface area contributed by atoms with Gasteiger partial charge in [-0.25, -0.2) is 0 Å².